The summed E-state index contributed by atoms with van der Waals surface area (Å²) < 4.78 is 1.94. The fraction of sp³-hybridized carbons (Fsp3) is 0.172. The van der Waals surface area contributed by atoms with Gasteiger partial charge < -0.3 is 15.2 Å². The summed E-state index contributed by atoms with van der Waals surface area (Å²) in [7, 11) is 0. The van der Waals surface area contributed by atoms with Crippen LogP contribution in [0.25, 0.3) is 16.9 Å². The number of benzene rings is 2. The molecular weight excluding hydrogens is 480 g/mol. The van der Waals surface area contributed by atoms with Gasteiger partial charge in [-0.3, -0.25) is 9.78 Å². The molecule has 37 heavy (non-hydrogen) atoms. The van der Waals surface area contributed by atoms with Gasteiger partial charge in [-0.05, 0) is 65.9 Å². The zero-order valence-electron chi connectivity index (χ0n) is 21.2. The van der Waals surface area contributed by atoms with Gasteiger partial charge in [-0.15, -0.1) is 11.3 Å². The average Bonchev–Trinajstić information content (AvgIpc) is 3.58. The zero-order valence-corrected chi connectivity index (χ0v) is 22.0. The summed E-state index contributed by atoms with van der Waals surface area (Å²) in [6, 6.07) is 15.6. The van der Waals surface area contributed by atoms with Crippen LogP contribution in [0.15, 0.2) is 85.0 Å². The number of anilines is 3. The number of carbonyl (C=O) groups excluding carboxylic acids is 1. The summed E-state index contributed by atoms with van der Waals surface area (Å²) in [6.45, 7) is 8.47. The summed E-state index contributed by atoms with van der Waals surface area (Å²) in [5, 5.41) is 9.21. The molecule has 3 heterocycles. The Morgan fingerprint density at radius 2 is 1.89 bits per heavy atom. The van der Waals surface area contributed by atoms with E-state index in [1.807, 2.05) is 65.5 Å². The highest BCUT2D eigenvalue weighted by atomic mass is 32.1. The second-order valence-electron chi connectivity index (χ2n) is 9.88. The van der Waals surface area contributed by atoms with Crippen molar-refractivity contribution in [2.24, 2.45) is 0 Å². The molecule has 0 fully saturated rings. The van der Waals surface area contributed by atoms with Crippen molar-refractivity contribution >= 4 is 33.8 Å². The second kappa shape index (κ2) is 9.99. The SMILES string of the molecule is Cc1ccc(C(=O)Nc2cc(-n3ccnc3)cc(C(C)(C)C)c2)cc1Nc1nc(-c2cccnc2)cs1. The van der Waals surface area contributed by atoms with Gasteiger partial charge in [0.1, 0.15) is 0 Å². The van der Waals surface area contributed by atoms with Gasteiger partial charge >= 0.3 is 0 Å². The van der Waals surface area contributed by atoms with E-state index in [-0.39, 0.29) is 11.3 Å². The Kier molecular flexibility index (Phi) is 6.58. The molecule has 0 saturated carbocycles. The second-order valence-corrected chi connectivity index (χ2v) is 10.7. The predicted octanol–water partition coefficient (Wildman–Crippen LogP) is 6.99. The minimum absolute atomic E-state index is 0.0839. The van der Waals surface area contributed by atoms with Crippen LogP contribution in [0.2, 0.25) is 0 Å². The number of rotatable bonds is 6. The zero-order chi connectivity index (χ0) is 26.0. The first-order chi connectivity index (χ1) is 17.8. The van der Waals surface area contributed by atoms with E-state index in [9.17, 15) is 4.79 Å². The van der Waals surface area contributed by atoms with E-state index in [1.54, 1.807) is 24.9 Å². The van der Waals surface area contributed by atoms with Crippen molar-refractivity contribution in [2.45, 2.75) is 33.1 Å². The Labute approximate surface area is 220 Å². The van der Waals surface area contributed by atoms with Crippen LogP contribution in [0.3, 0.4) is 0 Å². The maximum atomic E-state index is 13.3. The van der Waals surface area contributed by atoms with Crippen LogP contribution in [0.1, 0.15) is 42.3 Å². The van der Waals surface area contributed by atoms with E-state index in [0.29, 0.717) is 5.56 Å². The molecule has 0 aliphatic rings. The third-order valence-electron chi connectivity index (χ3n) is 6.05. The van der Waals surface area contributed by atoms with E-state index >= 15 is 0 Å². The fourth-order valence-corrected chi connectivity index (χ4v) is 4.60. The smallest absolute Gasteiger partial charge is 0.255 e. The van der Waals surface area contributed by atoms with Crippen molar-refractivity contribution in [1.82, 2.24) is 19.5 Å². The van der Waals surface area contributed by atoms with Crippen LogP contribution in [0, 0.1) is 6.92 Å². The molecule has 7 nitrogen and oxygen atoms in total. The molecule has 8 heteroatoms. The number of amides is 1. The molecule has 0 unspecified atom stereocenters. The van der Waals surface area contributed by atoms with Gasteiger partial charge in [0.2, 0.25) is 0 Å². The lowest BCUT2D eigenvalue weighted by Crippen LogP contribution is -2.16. The van der Waals surface area contributed by atoms with Gasteiger partial charge in [0.05, 0.1) is 12.0 Å². The third-order valence-corrected chi connectivity index (χ3v) is 6.80. The van der Waals surface area contributed by atoms with Crippen molar-refractivity contribution in [3.63, 3.8) is 0 Å². The number of hydrogen-bond acceptors (Lipinski definition) is 6. The first kappa shape index (κ1) is 24.4. The third kappa shape index (κ3) is 5.59. The molecule has 0 spiro atoms. The monoisotopic (exact) mass is 508 g/mol. The topological polar surface area (TPSA) is 84.7 Å². The van der Waals surface area contributed by atoms with Crippen LogP contribution in [0.5, 0.6) is 0 Å². The van der Waals surface area contributed by atoms with Gasteiger partial charge in [-0.25, -0.2) is 9.97 Å². The van der Waals surface area contributed by atoms with E-state index in [0.717, 1.165) is 44.6 Å². The van der Waals surface area contributed by atoms with Crippen molar-refractivity contribution < 1.29 is 4.79 Å². The van der Waals surface area contributed by atoms with Crippen molar-refractivity contribution in [3.05, 3.63) is 102 Å². The molecule has 186 valence electrons. The molecule has 5 rings (SSSR count). The van der Waals surface area contributed by atoms with E-state index < -0.39 is 0 Å². The summed E-state index contributed by atoms with van der Waals surface area (Å²) >= 11 is 1.51. The number of aryl methyl sites for hydroxylation is 1. The first-order valence-electron chi connectivity index (χ1n) is 12.0. The van der Waals surface area contributed by atoms with E-state index in [2.05, 4.69) is 52.4 Å². The number of aromatic nitrogens is 4. The highest BCUT2D eigenvalue weighted by Gasteiger charge is 2.18. The Morgan fingerprint density at radius 1 is 1.03 bits per heavy atom. The van der Waals surface area contributed by atoms with Gasteiger partial charge in [0.25, 0.3) is 5.91 Å². The highest BCUT2D eigenvalue weighted by molar-refractivity contribution is 7.14. The van der Waals surface area contributed by atoms with Crippen LogP contribution >= 0.6 is 11.3 Å². The molecule has 0 radical (unpaired) electrons. The maximum Gasteiger partial charge on any atom is 0.255 e. The molecule has 1 amide bonds. The van der Waals surface area contributed by atoms with Gasteiger partial charge in [0.15, 0.2) is 5.13 Å². The van der Waals surface area contributed by atoms with Crippen LogP contribution in [-0.4, -0.2) is 25.4 Å². The molecule has 0 atom stereocenters. The maximum absolute atomic E-state index is 13.3. The number of carbonyl (C=O) groups is 1. The largest absolute Gasteiger partial charge is 0.331 e. The molecule has 5 aromatic rings. The number of hydrogen-bond donors (Lipinski definition) is 2. The number of nitrogens with zero attached hydrogens (tertiary/aromatic N) is 4. The molecule has 2 aromatic carbocycles. The summed E-state index contributed by atoms with van der Waals surface area (Å²) in [4.78, 5) is 26.3. The lowest BCUT2D eigenvalue weighted by atomic mass is 9.86. The molecule has 0 aliphatic carbocycles. The Balaban J connectivity index is 1.38. The molecule has 3 aromatic heterocycles. The van der Waals surface area contributed by atoms with Gasteiger partial charge in [-0.2, -0.15) is 0 Å². The summed E-state index contributed by atoms with van der Waals surface area (Å²) in [5.41, 5.74) is 6.95. The Bertz CT molecular complexity index is 1530. The minimum atomic E-state index is -0.180. The number of pyridine rings is 1. The first-order valence-corrected chi connectivity index (χ1v) is 12.8. The van der Waals surface area contributed by atoms with Crippen molar-refractivity contribution in [1.29, 1.82) is 0 Å². The minimum Gasteiger partial charge on any atom is -0.331 e. The summed E-state index contributed by atoms with van der Waals surface area (Å²) in [5.74, 6) is -0.180. The van der Waals surface area contributed by atoms with Crippen LogP contribution < -0.4 is 10.6 Å². The van der Waals surface area contributed by atoms with Crippen molar-refractivity contribution in [2.75, 3.05) is 10.6 Å². The fourth-order valence-electron chi connectivity index (χ4n) is 3.87. The molecular formula is C29H28N6OS. The molecule has 0 aliphatic heterocycles. The molecule has 0 bridgehead atoms. The molecule has 2 N–H and O–H groups in total. The number of imidazole rings is 1. The van der Waals surface area contributed by atoms with E-state index in [4.69, 9.17) is 0 Å². The normalized spacial score (nSPS) is 11.4. The van der Waals surface area contributed by atoms with Gasteiger partial charge in [0, 0.05) is 58.4 Å². The van der Waals surface area contributed by atoms with Crippen LogP contribution in [-0.2, 0) is 5.41 Å². The van der Waals surface area contributed by atoms with Gasteiger partial charge in [-0.1, -0.05) is 26.8 Å². The van der Waals surface area contributed by atoms with Crippen molar-refractivity contribution in [3.8, 4) is 16.9 Å². The number of thiazole rings is 1. The number of nitrogens with one attached hydrogen (secondary N) is 2. The lowest BCUT2D eigenvalue weighted by Gasteiger charge is -2.22. The van der Waals surface area contributed by atoms with Crippen LogP contribution in [0.4, 0.5) is 16.5 Å². The standard InChI is InChI=1S/C29H28N6OS/c1-19-7-8-20(12-25(19)33-28-34-26(17-37-28)21-6-5-9-30-16-21)27(36)32-23-13-22(29(2,3)4)14-24(15-23)35-11-10-31-18-35/h5-18H,1-4H3,(H,32,36)(H,33,34). The van der Waals surface area contributed by atoms with E-state index in [1.165, 1.54) is 11.3 Å². The average molecular weight is 509 g/mol. The lowest BCUT2D eigenvalue weighted by molar-refractivity contribution is 0.102. The Morgan fingerprint density at radius 3 is 2.62 bits per heavy atom. The molecule has 0 saturated heterocycles. The predicted molar refractivity (Wildman–Crippen MR) is 150 cm³/mol. The quantitative estimate of drug-likeness (QED) is 0.258. The highest BCUT2D eigenvalue weighted by Crippen LogP contribution is 2.30. The Hall–Kier alpha value is -4.30. The summed E-state index contributed by atoms with van der Waals surface area (Å²) in [6.07, 6.45) is 8.92.